The van der Waals surface area contributed by atoms with Crippen molar-refractivity contribution < 1.29 is 14.6 Å². The Balaban J connectivity index is 1.38. The first-order valence-corrected chi connectivity index (χ1v) is 12.1. The maximum absolute atomic E-state index is 13.6. The Morgan fingerprint density at radius 2 is 1.63 bits per heavy atom. The minimum absolute atomic E-state index is 0.252. The number of nitrogens with zero attached hydrogens (tertiary/aromatic N) is 2. The summed E-state index contributed by atoms with van der Waals surface area (Å²) in [5.41, 5.74) is 0.747. The van der Waals surface area contributed by atoms with Gasteiger partial charge in [0.1, 0.15) is 5.75 Å². The summed E-state index contributed by atoms with van der Waals surface area (Å²) >= 11 is 0. The van der Waals surface area contributed by atoms with E-state index in [1.54, 1.807) is 0 Å². The molecule has 0 unspecified atom stereocenters. The average molecular weight is 415 g/mol. The molecule has 0 radical (unpaired) electrons. The molecule has 5 nitrogen and oxygen atoms in total. The zero-order chi connectivity index (χ0) is 20.8. The number of benzene rings is 1. The molecule has 2 saturated heterocycles. The molecule has 1 aliphatic carbocycles. The molecule has 166 valence electrons. The lowest BCUT2D eigenvalue weighted by atomic mass is 9.68. The van der Waals surface area contributed by atoms with Gasteiger partial charge in [0, 0.05) is 19.6 Å². The molecule has 1 aromatic rings. The van der Waals surface area contributed by atoms with Crippen LogP contribution in [0, 0.1) is 0 Å². The van der Waals surface area contributed by atoms with Gasteiger partial charge in [-0.15, -0.1) is 0 Å². The van der Waals surface area contributed by atoms with Gasteiger partial charge in [-0.25, -0.2) is 0 Å². The molecule has 1 saturated carbocycles. The molecular weight excluding hydrogens is 376 g/mol. The van der Waals surface area contributed by atoms with Crippen molar-refractivity contribution in [1.29, 1.82) is 0 Å². The summed E-state index contributed by atoms with van der Waals surface area (Å²) in [5.74, 6) is 1.17. The van der Waals surface area contributed by atoms with E-state index >= 15 is 0 Å². The average Bonchev–Trinajstić information content (AvgIpc) is 3.31. The summed E-state index contributed by atoms with van der Waals surface area (Å²) < 4.78 is 5.98. The van der Waals surface area contributed by atoms with Crippen molar-refractivity contribution in [3.05, 3.63) is 29.8 Å². The topological polar surface area (TPSA) is 53.0 Å². The first-order valence-electron chi connectivity index (χ1n) is 12.1. The summed E-state index contributed by atoms with van der Waals surface area (Å²) in [6.45, 7) is 5.71. The van der Waals surface area contributed by atoms with E-state index in [0.717, 1.165) is 56.6 Å². The minimum Gasteiger partial charge on any atom is -0.494 e. The van der Waals surface area contributed by atoms with Gasteiger partial charge in [-0.3, -0.25) is 4.79 Å². The number of hydrogen-bond donors (Lipinski definition) is 1. The number of ether oxygens (including phenoxy) is 1. The molecule has 2 aliphatic heterocycles. The highest BCUT2D eigenvalue weighted by atomic mass is 16.5. The molecule has 0 aromatic heterocycles. The number of piperidine rings is 1. The van der Waals surface area contributed by atoms with Crippen LogP contribution in [0.25, 0.3) is 0 Å². The van der Waals surface area contributed by atoms with Crippen LogP contribution in [-0.4, -0.2) is 66.2 Å². The van der Waals surface area contributed by atoms with Gasteiger partial charge in [0.15, 0.2) is 0 Å². The fraction of sp³-hybridized carbons (Fsp3) is 0.720. The van der Waals surface area contributed by atoms with Crippen LogP contribution in [-0.2, 0) is 10.2 Å². The van der Waals surface area contributed by atoms with Crippen molar-refractivity contribution in [1.82, 2.24) is 9.80 Å². The molecule has 5 heteroatoms. The number of aliphatic hydroxyl groups is 1. The SMILES string of the molecule is O=C(N1CCC(O)CC1)C1(c2ccc(OCCCN3CCCC3)cc2)CCCCC1. The third kappa shape index (κ3) is 5.00. The number of carbonyl (C=O) groups is 1. The molecule has 1 amide bonds. The molecule has 3 aliphatic rings. The molecular formula is C25H38N2O3. The molecule has 0 bridgehead atoms. The predicted octanol–water partition coefficient (Wildman–Crippen LogP) is 3.74. The Labute approximate surface area is 181 Å². The molecule has 1 N–H and O–H groups in total. The lowest BCUT2D eigenvalue weighted by Crippen LogP contribution is -2.51. The summed E-state index contributed by atoms with van der Waals surface area (Å²) in [6.07, 6.45) is 10.2. The van der Waals surface area contributed by atoms with Crippen LogP contribution >= 0.6 is 0 Å². The van der Waals surface area contributed by atoms with Crippen molar-refractivity contribution in [2.75, 3.05) is 39.3 Å². The minimum atomic E-state index is -0.394. The van der Waals surface area contributed by atoms with Crippen LogP contribution in [0.1, 0.15) is 69.8 Å². The van der Waals surface area contributed by atoms with E-state index in [1.807, 2.05) is 4.90 Å². The molecule has 4 rings (SSSR count). The Hall–Kier alpha value is -1.59. The number of likely N-dealkylation sites (tertiary alicyclic amines) is 2. The van der Waals surface area contributed by atoms with Gasteiger partial charge in [-0.1, -0.05) is 31.4 Å². The predicted molar refractivity (Wildman–Crippen MR) is 119 cm³/mol. The second-order valence-corrected chi connectivity index (χ2v) is 9.44. The molecule has 2 heterocycles. The van der Waals surface area contributed by atoms with Crippen LogP contribution in [0.5, 0.6) is 5.75 Å². The molecule has 3 fully saturated rings. The van der Waals surface area contributed by atoms with Gasteiger partial charge in [0.05, 0.1) is 18.1 Å². The van der Waals surface area contributed by atoms with E-state index < -0.39 is 5.41 Å². The van der Waals surface area contributed by atoms with E-state index in [9.17, 15) is 9.90 Å². The molecule has 0 spiro atoms. The van der Waals surface area contributed by atoms with Gasteiger partial charge in [0.25, 0.3) is 0 Å². The van der Waals surface area contributed by atoms with Crippen molar-refractivity contribution in [3.8, 4) is 5.75 Å². The zero-order valence-corrected chi connectivity index (χ0v) is 18.4. The van der Waals surface area contributed by atoms with Crippen LogP contribution in [0.4, 0.5) is 0 Å². The van der Waals surface area contributed by atoms with E-state index in [0.29, 0.717) is 25.9 Å². The van der Waals surface area contributed by atoms with Gasteiger partial charge < -0.3 is 19.6 Å². The maximum Gasteiger partial charge on any atom is 0.233 e. The molecule has 1 aromatic carbocycles. The van der Waals surface area contributed by atoms with Gasteiger partial charge in [0.2, 0.25) is 5.91 Å². The van der Waals surface area contributed by atoms with Crippen molar-refractivity contribution >= 4 is 5.91 Å². The highest BCUT2D eigenvalue weighted by Gasteiger charge is 2.44. The summed E-state index contributed by atoms with van der Waals surface area (Å²) in [5, 5.41) is 9.83. The second kappa shape index (κ2) is 10.1. The summed E-state index contributed by atoms with van der Waals surface area (Å²) in [6, 6.07) is 8.35. The normalized spacial score (nSPS) is 22.9. The van der Waals surface area contributed by atoms with Crippen molar-refractivity contribution in [2.45, 2.75) is 75.7 Å². The summed E-state index contributed by atoms with van der Waals surface area (Å²) in [4.78, 5) is 18.1. The van der Waals surface area contributed by atoms with Crippen LogP contribution < -0.4 is 4.74 Å². The fourth-order valence-electron chi connectivity index (χ4n) is 5.51. The fourth-order valence-corrected chi connectivity index (χ4v) is 5.51. The highest BCUT2D eigenvalue weighted by Crippen LogP contribution is 2.42. The largest absolute Gasteiger partial charge is 0.494 e. The Morgan fingerprint density at radius 3 is 2.30 bits per heavy atom. The third-order valence-corrected chi connectivity index (χ3v) is 7.36. The number of hydrogen-bond acceptors (Lipinski definition) is 4. The Kier molecular flexibility index (Phi) is 7.32. The Bertz CT molecular complexity index is 670. The number of carbonyl (C=O) groups excluding carboxylic acids is 1. The van der Waals surface area contributed by atoms with E-state index in [1.165, 1.54) is 32.4 Å². The number of amides is 1. The third-order valence-electron chi connectivity index (χ3n) is 7.36. The number of aliphatic hydroxyl groups excluding tert-OH is 1. The zero-order valence-electron chi connectivity index (χ0n) is 18.4. The number of rotatable bonds is 7. The monoisotopic (exact) mass is 414 g/mol. The lowest BCUT2D eigenvalue weighted by Gasteiger charge is -2.42. The molecule has 30 heavy (non-hydrogen) atoms. The van der Waals surface area contributed by atoms with E-state index in [4.69, 9.17) is 4.74 Å². The van der Waals surface area contributed by atoms with Gasteiger partial charge in [-0.05, 0) is 75.7 Å². The van der Waals surface area contributed by atoms with Crippen LogP contribution in [0.15, 0.2) is 24.3 Å². The second-order valence-electron chi connectivity index (χ2n) is 9.44. The lowest BCUT2D eigenvalue weighted by molar-refractivity contribution is -0.141. The van der Waals surface area contributed by atoms with Gasteiger partial charge >= 0.3 is 0 Å². The Morgan fingerprint density at radius 1 is 0.967 bits per heavy atom. The maximum atomic E-state index is 13.6. The van der Waals surface area contributed by atoms with Gasteiger partial charge in [-0.2, -0.15) is 0 Å². The molecule has 0 atom stereocenters. The first kappa shape index (κ1) is 21.6. The first-order chi connectivity index (χ1) is 14.7. The van der Waals surface area contributed by atoms with Crippen LogP contribution in [0.2, 0.25) is 0 Å². The smallest absolute Gasteiger partial charge is 0.233 e. The van der Waals surface area contributed by atoms with Crippen molar-refractivity contribution in [3.63, 3.8) is 0 Å². The summed E-state index contributed by atoms with van der Waals surface area (Å²) in [7, 11) is 0. The van der Waals surface area contributed by atoms with Crippen molar-refractivity contribution in [2.24, 2.45) is 0 Å². The standard InChI is InChI=1S/C25H38N2O3/c28-22-11-18-27(19-12-22)24(29)25(13-2-1-3-14-25)21-7-9-23(10-8-21)30-20-6-17-26-15-4-5-16-26/h7-10,22,28H,1-6,11-20H2. The van der Waals surface area contributed by atoms with Crippen LogP contribution in [0.3, 0.4) is 0 Å². The quantitative estimate of drug-likeness (QED) is 0.691. The van der Waals surface area contributed by atoms with E-state index in [-0.39, 0.29) is 12.0 Å². The van der Waals surface area contributed by atoms with E-state index in [2.05, 4.69) is 29.2 Å². The highest BCUT2D eigenvalue weighted by molar-refractivity contribution is 5.88.